The zero-order chi connectivity index (χ0) is 26.2. The first-order valence-corrected chi connectivity index (χ1v) is 15.2. The van der Waals surface area contributed by atoms with Gasteiger partial charge in [-0.15, -0.1) is 11.3 Å². The van der Waals surface area contributed by atoms with Crippen LogP contribution in [0.15, 0.2) is 39.3 Å². The molecule has 0 saturated heterocycles. The molecule has 4 aromatic rings. The Morgan fingerprint density at radius 3 is 2.53 bits per heavy atom. The molecule has 0 amide bonds. The van der Waals surface area contributed by atoms with Crippen molar-refractivity contribution in [3.63, 3.8) is 0 Å². The first-order chi connectivity index (χ1) is 18.3. The molecule has 0 aliphatic heterocycles. The number of aromatic nitrogens is 2. The minimum Gasteiger partial charge on any atom is -0.382 e. The molecule has 10 heteroatoms. The second-order valence-electron chi connectivity index (χ2n) is 10.7. The first kappa shape index (κ1) is 25.4. The van der Waals surface area contributed by atoms with E-state index in [0.717, 1.165) is 41.7 Å². The van der Waals surface area contributed by atoms with E-state index in [1.165, 1.54) is 17.4 Å². The summed E-state index contributed by atoms with van der Waals surface area (Å²) < 4.78 is 28.2. The molecule has 0 radical (unpaired) electrons. The van der Waals surface area contributed by atoms with Crippen molar-refractivity contribution < 1.29 is 18.8 Å². The summed E-state index contributed by atoms with van der Waals surface area (Å²) in [5, 5.41) is 18.0. The molecule has 5 nitrogen and oxygen atoms in total. The fourth-order valence-electron chi connectivity index (χ4n) is 6.36. The quantitative estimate of drug-likeness (QED) is 0.229. The Labute approximate surface area is 241 Å². The maximum atomic E-state index is 14.5. The summed E-state index contributed by atoms with van der Waals surface area (Å²) in [5.41, 5.74) is 1.47. The number of thiazole rings is 1. The van der Waals surface area contributed by atoms with Crippen molar-refractivity contribution in [2.45, 2.75) is 62.8 Å². The number of benzene rings is 2. The van der Waals surface area contributed by atoms with Crippen LogP contribution in [0.5, 0.6) is 0 Å². The van der Waals surface area contributed by atoms with E-state index in [9.17, 15) is 9.50 Å². The van der Waals surface area contributed by atoms with E-state index in [1.54, 1.807) is 12.1 Å². The molecule has 2 aromatic carbocycles. The molecular weight excluding hydrogens is 614 g/mol. The smallest absolute Gasteiger partial charge is 0.151 e. The molecular formula is C28H24BrCl2FN2O3S. The molecule has 2 unspecified atom stereocenters. The van der Waals surface area contributed by atoms with Gasteiger partial charge in [-0.3, -0.25) is 0 Å². The van der Waals surface area contributed by atoms with Crippen LogP contribution < -0.4 is 0 Å². The van der Waals surface area contributed by atoms with Crippen molar-refractivity contribution in [2.24, 2.45) is 11.8 Å². The molecule has 1 N–H and O–H groups in total. The zero-order valence-electron chi connectivity index (χ0n) is 20.2. The molecule has 3 aliphatic carbocycles. The Balaban J connectivity index is 1.14. The van der Waals surface area contributed by atoms with Gasteiger partial charge in [0.1, 0.15) is 27.6 Å². The van der Waals surface area contributed by atoms with Gasteiger partial charge in [-0.2, -0.15) is 0 Å². The van der Waals surface area contributed by atoms with Crippen molar-refractivity contribution in [2.75, 3.05) is 0 Å². The van der Waals surface area contributed by atoms with Crippen LogP contribution in [0.3, 0.4) is 0 Å². The Bertz CT molecular complexity index is 1520. The van der Waals surface area contributed by atoms with Crippen LogP contribution in [0.2, 0.25) is 10.0 Å². The Morgan fingerprint density at radius 1 is 1.13 bits per heavy atom. The number of halogens is 4. The second kappa shape index (κ2) is 9.53. The molecule has 3 fully saturated rings. The van der Waals surface area contributed by atoms with Crippen LogP contribution in [0, 0.1) is 17.7 Å². The number of aliphatic hydroxyl groups is 1. The summed E-state index contributed by atoms with van der Waals surface area (Å²) in [6.45, 7) is 0.342. The van der Waals surface area contributed by atoms with Gasteiger partial charge in [-0.05, 0) is 74.6 Å². The molecule has 3 aliphatic rings. The predicted molar refractivity (Wildman–Crippen MR) is 149 cm³/mol. The molecule has 2 heterocycles. The van der Waals surface area contributed by atoms with Gasteiger partial charge in [0.15, 0.2) is 5.82 Å². The molecule has 2 bridgehead atoms. The van der Waals surface area contributed by atoms with Crippen molar-refractivity contribution in [3.05, 3.63) is 67.0 Å². The summed E-state index contributed by atoms with van der Waals surface area (Å²) in [6, 6.07) is 8.68. The van der Waals surface area contributed by atoms with Crippen LogP contribution in [0.1, 0.15) is 60.8 Å². The van der Waals surface area contributed by atoms with Gasteiger partial charge >= 0.3 is 0 Å². The number of nitrogens with zero attached hydrogens (tertiary/aromatic N) is 2. The topological polar surface area (TPSA) is 68.4 Å². The van der Waals surface area contributed by atoms with Gasteiger partial charge in [-0.25, -0.2) is 9.37 Å². The standard InChI is InChI=1S/C28H24BrCl2FN2O3S/c29-16-10-21(32)25-22(11-16)38-27(33-25)28(35)14-6-7-15(28)9-17(8-14)36-12-18-24(34-37-26(18)13-4-5-13)23-19(30)2-1-3-20(23)31/h1-3,10-11,13-15,17,35H,4-9,12H2/t14-,15+,17?,28?. The fraction of sp³-hybridized carbons (Fsp3) is 0.429. The third-order valence-electron chi connectivity index (χ3n) is 8.39. The van der Waals surface area contributed by atoms with Gasteiger partial charge in [0.05, 0.1) is 27.5 Å². The van der Waals surface area contributed by atoms with Crippen LogP contribution in [0.4, 0.5) is 4.39 Å². The number of hydrogen-bond donors (Lipinski definition) is 1. The van der Waals surface area contributed by atoms with Crippen molar-refractivity contribution in [3.8, 4) is 11.3 Å². The van der Waals surface area contributed by atoms with Gasteiger partial charge in [0.25, 0.3) is 0 Å². The highest BCUT2D eigenvalue weighted by Crippen LogP contribution is 2.57. The third kappa shape index (κ3) is 4.14. The Morgan fingerprint density at radius 2 is 1.84 bits per heavy atom. The lowest BCUT2D eigenvalue weighted by Crippen LogP contribution is -2.44. The highest BCUT2D eigenvalue weighted by Gasteiger charge is 2.56. The van der Waals surface area contributed by atoms with Crippen LogP contribution in [-0.2, 0) is 16.9 Å². The molecule has 7 rings (SSSR count). The van der Waals surface area contributed by atoms with Crippen LogP contribution >= 0.6 is 50.5 Å². The SMILES string of the molecule is OC1(c2nc3c(F)cc(Br)cc3s2)[C@@H]2CC[C@H]1CC(OCc1c(-c3c(Cl)cccc3Cl)noc1C1CC1)C2. The minimum absolute atomic E-state index is 0.00109. The summed E-state index contributed by atoms with van der Waals surface area (Å²) in [7, 11) is 0. The van der Waals surface area contributed by atoms with Crippen LogP contribution in [0.25, 0.3) is 21.5 Å². The zero-order valence-corrected chi connectivity index (χ0v) is 24.1. The van der Waals surface area contributed by atoms with E-state index in [-0.39, 0.29) is 23.8 Å². The van der Waals surface area contributed by atoms with Crippen molar-refractivity contribution >= 4 is 60.7 Å². The van der Waals surface area contributed by atoms with E-state index < -0.39 is 5.60 Å². The van der Waals surface area contributed by atoms with Crippen LogP contribution in [-0.4, -0.2) is 21.4 Å². The molecule has 198 valence electrons. The monoisotopic (exact) mass is 636 g/mol. The largest absolute Gasteiger partial charge is 0.382 e. The lowest BCUT2D eigenvalue weighted by Gasteiger charge is -2.41. The molecule has 0 spiro atoms. The molecule has 3 saturated carbocycles. The normalized spacial score (nSPS) is 26.9. The maximum Gasteiger partial charge on any atom is 0.151 e. The highest BCUT2D eigenvalue weighted by atomic mass is 79.9. The average molecular weight is 638 g/mol. The third-order valence-corrected chi connectivity index (χ3v) is 10.6. The molecule has 2 aromatic heterocycles. The number of hydrogen-bond acceptors (Lipinski definition) is 6. The van der Waals surface area contributed by atoms with Gasteiger partial charge in [-0.1, -0.05) is 50.4 Å². The summed E-state index contributed by atoms with van der Waals surface area (Å²) in [4.78, 5) is 4.59. The van der Waals surface area contributed by atoms with Gasteiger partial charge in [0.2, 0.25) is 0 Å². The maximum absolute atomic E-state index is 14.5. The lowest BCUT2D eigenvalue weighted by atomic mass is 9.73. The van der Waals surface area contributed by atoms with E-state index in [0.29, 0.717) is 61.7 Å². The minimum atomic E-state index is -1.06. The van der Waals surface area contributed by atoms with E-state index in [1.807, 2.05) is 12.1 Å². The molecule has 38 heavy (non-hydrogen) atoms. The van der Waals surface area contributed by atoms with E-state index >= 15 is 0 Å². The average Bonchev–Trinajstić information content (AvgIpc) is 3.46. The highest BCUT2D eigenvalue weighted by molar-refractivity contribution is 9.10. The predicted octanol–water partition coefficient (Wildman–Crippen LogP) is 8.63. The Hall–Kier alpha value is -1.55. The first-order valence-electron chi connectivity index (χ1n) is 12.9. The van der Waals surface area contributed by atoms with E-state index in [4.69, 9.17) is 32.5 Å². The molecule has 4 atom stereocenters. The number of ether oxygens (including phenoxy) is 1. The second-order valence-corrected chi connectivity index (χ2v) is 13.5. The van der Waals surface area contributed by atoms with Crippen molar-refractivity contribution in [1.29, 1.82) is 0 Å². The number of rotatable bonds is 6. The summed E-state index contributed by atoms with van der Waals surface area (Å²) >= 11 is 17.8. The van der Waals surface area contributed by atoms with Gasteiger partial charge in [0, 0.05) is 21.5 Å². The Kier molecular flexibility index (Phi) is 6.37. The summed E-state index contributed by atoms with van der Waals surface area (Å²) in [6.07, 6.45) is 5.32. The van der Waals surface area contributed by atoms with E-state index in [2.05, 4.69) is 26.1 Å². The fourth-order valence-corrected chi connectivity index (χ4v) is 8.79. The summed E-state index contributed by atoms with van der Waals surface area (Å²) in [5.74, 6) is 0.832. The van der Waals surface area contributed by atoms with Crippen molar-refractivity contribution in [1.82, 2.24) is 10.1 Å². The van der Waals surface area contributed by atoms with Gasteiger partial charge < -0.3 is 14.4 Å². The number of fused-ring (bicyclic) bond motifs is 3. The lowest BCUT2D eigenvalue weighted by molar-refractivity contribution is -0.116.